The summed E-state index contributed by atoms with van der Waals surface area (Å²) in [6.07, 6.45) is 3.84. The topological polar surface area (TPSA) is 62.4 Å². The summed E-state index contributed by atoms with van der Waals surface area (Å²) >= 11 is 0. The van der Waals surface area contributed by atoms with E-state index in [1.54, 1.807) is 0 Å². The lowest BCUT2D eigenvalue weighted by molar-refractivity contribution is 0.133. The number of hydrogen-bond donors (Lipinski definition) is 2. The number of nitrogens with two attached hydrogens (primary N) is 1. The van der Waals surface area contributed by atoms with Gasteiger partial charge in [0.1, 0.15) is 5.82 Å². The molecule has 1 aliphatic carbocycles. The van der Waals surface area contributed by atoms with E-state index in [2.05, 4.69) is 16.0 Å². The summed E-state index contributed by atoms with van der Waals surface area (Å²) in [4.78, 5) is 6.70. The molecule has 3 unspecified atom stereocenters. The molecule has 92 valence electrons. The molecule has 2 aliphatic rings. The van der Waals surface area contributed by atoms with E-state index in [4.69, 9.17) is 5.73 Å². The van der Waals surface area contributed by atoms with Gasteiger partial charge in [-0.1, -0.05) is 0 Å². The number of hydrogen-bond acceptors (Lipinski definition) is 4. The van der Waals surface area contributed by atoms with Gasteiger partial charge in [0.25, 0.3) is 0 Å². The SMILES string of the molecule is NCc1ccnc(N2CC3CCC(O)C3C2)c1. The molecule has 0 bridgehead atoms. The van der Waals surface area contributed by atoms with E-state index < -0.39 is 0 Å². The van der Waals surface area contributed by atoms with Crippen molar-refractivity contribution in [3.8, 4) is 0 Å². The highest BCUT2D eigenvalue weighted by molar-refractivity contribution is 5.42. The second kappa shape index (κ2) is 4.27. The van der Waals surface area contributed by atoms with Crippen molar-refractivity contribution in [3.05, 3.63) is 23.9 Å². The minimum Gasteiger partial charge on any atom is -0.393 e. The van der Waals surface area contributed by atoms with Crippen LogP contribution < -0.4 is 10.6 Å². The van der Waals surface area contributed by atoms with Gasteiger partial charge in [0, 0.05) is 31.7 Å². The van der Waals surface area contributed by atoms with Crippen LogP contribution in [-0.2, 0) is 6.54 Å². The number of aliphatic hydroxyl groups excluding tert-OH is 1. The molecule has 3 N–H and O–H groups in total. The first-order valence-electron chi connectivity index (χ1n) is 6.36. The predicted octanol–water partition coefficient (Wildman–Crippen LogP) is 0.747. The van der Waals surface area contributed by atoms with Gasteiger partial charge >= 0.3 is 0 Å². The second-order valence-electron chi connectivity index (χ2n) is 5.20. The van der Waals surface area contributed by atoms with Crippen molar-refractivity contribution < 1.29 is 5.11 Å². The fraction of sp³-hybridized carbons (Fsp3) is 0.615. The molecule has 0 amide bonds. The Morgan fingerprint density at radius 2 is 2.29 bits per heavy atom. The van der Waals surface area contributed by atoms with Gasteiger partial charge < -0.3 is 15.7 Å². The van der Waals surface area contributed by atoms with Crippen LogP contribution in [0.2, 0.25) is 0 Å². The number of rotatable bonds is 2. The van der Waals surface area contributed by atoms with E-state index in [0.29, 0.717) is 18.4 Å². The molecule has 2 heterocycles. The first kappa shape index (κ1) is 11.0. The number of pyridine rings is 1. The van der Waals surface area contributed by atoms with Gasteiger partial charge in [-0.05, 0) is 36.5 Å². The Morgan fingerprint density at radius 3 is 3.06 bits per heavy atom. The van der Waals surface area contributed by atoms with E-state index in [-0.39, 0.29) is 6.10 Å². The molecular weight excluding hydrogens is 214 g/mol. The first-order valence-corrected chi connectivity index (χ1v) is 6.36. The Kier molecular flexibility index (Phi) is 2.76. The molecule has 1 aromatic heterocycles. The molecule has 3 atom stereocenters. The van der Waals surface area contributed by atoms with Crippen LogP contribution in [-0.4, -0.2) is 29.3 Å². The molecule has 17 heavy (non-hydrogen) atoms. The number of fused-ring (bicyclic) bond motifs is 1. The molecule has 4 nitrogen and oxygen atoms in total. The molecule has 0 radical (unpaired) electrons. The van der Waals surface area contributed by atoms with Gasteiger partial charge in [-0.15, -0.1) is 0 Å². The predicted molar refractivity (Wildman–Crippen MR) is 66.6 cm³/mol. The van der Waals surface area contributed by atoms with Crippen LogP contribution in [0.1, 0.15) is 18.4 Å². The summed E-state index contributed by atoms with van der Waals surface area (Å²) in [6.45, 7) is 2.52. The monoisotopic (exact) mass is 233 g/mol. The van der Waals surface area contributed by atoms with Gasteiger partial charge in [0.2, 0.25) is 0 Å². The fourth-order valence-corrected chi connectivity index (χ4v) is 3.18. The lowest BCUT2D eigenvalue weighted by atomic mass is 10.00. The molecule has 0 spiro atoms. The number of aromatic nitrogens is 1. The van der Waals surface area contributed by atoms with Crippen LogP contribution in [0.4, 0.5) is 5.82 Å². The van der Waals surface area contributed by atoms with Crippen LogP contribution in [0.15, 0.2) is 18.3 Å². The summed E-state index contributed by atoms with van der Waals surface area (Å²) in [5.74, 6) is 2.10. The second-order valence-corrected chi connectivity index (χ2v) is 5.20. The lowest BCUT2D eigenvalue weighted by Crippen LogP contribution is -2.25. The summed E-state index contributed by atoms with van der Waals surface area (Å²) in [5, 5.41) is 9.90. The van der Waals surface area contributed by atoms with Crippen molar-refractivity contribution in [1.82, 2.24) is 4.98 Å². The molecule has 1 saturated heterocycles. The largest absolute Gasteiger partial charge is 0.393 e. The van der Waals surface area contributed by atoms with Crippen LogP contribution in [0, 0.1) is 11.8 Å². The highest BCUT2D eigenvalue weighted by atomic mass is 16.3. The van der Waals surface area contributed by atoms with E-state index in [1.807, 2.05) is 12.3 Å². The van der Waals surface area contributed by atoms with E-state index in [9.17, 15) is 5.11 Å². The Morgan fingerprint density at radius 1 is 1.41 bits per heavy atom. The summed E-state index contributed by atoms with van der Waals surface area (Å²) in [5.41, 5.74) is 6.76. The Balaban J connectivity index is 1.78. The number of anilines is 1. The van der Waals surface area contributed by atoms with E-state index >= 15 is 0 Å². The average molecular weight is 233 g/mol. The van der Waals surface area contributed by atoms with Crippen molar-refractivity contribution in [3.63, 3.8) is 0 Å². The molecule has 0 aromatic carbocycles. The van der Waals surface area contributed by atoms with Gasteiger partial charge in [-0.3, -0.25) is 0 Å². The minimum atomic E-state index is -0.109. The van der Waals surface area contributed by atoms with Crippen LogP contribution in [0.5, 0.6) is 0 Å². The van der Waals surface area contributed by atoms with Gasteiger partial charge in [0.15, 0.2) is 0 Å². The van der Waals surface area contributed by atoms with Gasteiger partial charge in [0.05, 0.1) is 6.10 Å². The molecule has 2 fully saturated rings. The van der Waals surface area contributed by atoms with Crippen molar-refractivity contribution in [2.75, 3.05) is 18.0 Å². The zero-order valence-electron chi connectivity index (χ0n) is 9.92. The van der Waals surface area contributed by atoms with Gasteiger partial charge in [-0.25, -0.2) is 4.98 Å². The van der Waals surface area contributed by atoms with Crippen molar-refractivity contribution in [2.24, 2.45) is 17.6 Å². The summed E-state index contributed by atoms with van der Waals surface area (Å²) < 4.78 is 0. The highest BCUT2D eigenvalue weighted by Gasteiger charge is 2.42. The van der Waals surface area contributed by atoms with Crippen LogP contribution >= 0.6 is 0 Å². The smallest absolute Gasteiger partial charge is 0.128 e. The molecule has 1 saturated carbocycles. The third-order valence-corrected chi connectivity index (χ3v) is 4.19. The van der Waals surface area contributed by atoms with Crippen LogP contribution in [0.3, 0.4) is 0 Å². The highest BCUT2D eigenvalue weighted by Crippen LogP contribution is 2.39. The Labute approximate surface area is 101 Å². The molecule has 1 aromatic rings. The zero-order valence-corrected chi connectivity index (χ0v) is 9.92. The Hall–Kier alpha value is -1.13. The fourth-order valence-electron chi connectivity index (χ4n) is 3.18. The van der Waals surface area contributed by atoms with Crippen molar-refractivity contribution in [1.29, 1.82) is 0 Å². The maximum Gasteiger partial charge on any atom is 0.128 e. The molecule has 1 aliphatic heterocycles. The average Bonchev–Trinajstić information content (AvgIpc) is 2.92. The minimum absolute atomic E-state index is 0.109. The van der Waals surface area contributed by atoms with Crippen LogP contribution in [0.25, 0.3) is 0 Å². The van der Waals surface area contributed by atoms with E-state index in [0.717, 1.165) is 37.3 Å². The summed E-state index contributed by atoms with van der Waals surface area (Å²) in [7, 11) is 0. The normalized spacial score (nSPS) is 31.9. The maximum absolute atomic E-state index is 9.90. The molecule has 3 rings (SSSR count). The van der Waals surface area contributed by atoms with Crippen molar-refractivity contribution in [2.45, 2.75) is 25.5 Å². The molecular formula is C13H19N3O. The third-order valence-electron chi connectivity index (χ3n) is 4.19. The standard InChI is InChI=1S/C13H19N3O/c14-6-9-3-4-15-13(5-9)16-7-10-1-2-12(17)11(10)8-16/h3-5,10-12,17H,1-2,6-8,14H2. The van der Waals surface area contributed by atoms with Crippen molar-refractivity contribution >= 4 is 5.82 Å². The lowest BCUT2D eigenvalue weighted by Gasteiger charge is -2.19. The van der Waals surface area contributed by atoms with Gasteiger partial charge in [-0.2, -0.15) is 0 Å². The third kappa shape index (κ3) is 1.91. The number of aliphatic hydroxyl groups is 1. The number of nitrogens with zero attached hydrogens (tertiary/aromatic N) is 2. The first-order chi connectivity index (χ1) is 8.28. The Bertz CT molecular complexity index is 409. The zero-order chi connectivity index (χ0) is 11.8. The maximum atomic E-state index is 9.90. The molecule has 4 heteroatoms. The summed E-state index contributed by atoms with van der Waals surface area (Å²) in [6, 6.07) is 4.02. The quantitative estimate of drug-likeness (QED) is 0.791. The van der Waals surface area contributed by atoms with E-state index in [1.165, 1.54) is 0 Å².